The summed E-state index contributed by atoms with van der Waals surface area (Å²) in [5.41, 5.74) is 0.0134. The molecule has 0 saturated heterocycles. The molecule has 1 amide bonds. The molecule has 1 rings (SSSR count). The van der Waals surface area contributed by atoms with Crippen molar-refractivity contribution in [2.45, 2.75) is 130 Å². The van der Waals surface area contributed by atoms with E-state index in [1.54, 1.807) is 6.20 Å². The second-order valence-corrected chi connectivity index (χ2v) is 16.7. The Morgan fingerprint density at radius 1 is 1.14 bits per heavy atom. The maximum absolute atomic E-state index is 14.4. The summed E-state index contributed by atoms with van der Waals surface area (Å²) in [5, 5.41) is -0.0605. The van der Waals surface area contributed by atoms with E-state index < -0.39 is 25.8 Å². The zero-order valence-corrected chi connectivity index (χ0v) is 24.9. The number of hydrogen-bond donors (Lipinski definition) is 0. The molecule has 35 heavy (non-hydrogen) atoms. The highest BCUT2D eigenvalue weighted by Gasteiger charge is 2.44. The first-order chi connectivity index (χ1) is 16.0. The molecular formula is C28H49FN2O3Si. The van der Waals surface area contributed by atoms with Crippen LogP contribution in [0.2, 0.25) is 18.1 Å². The molecule has 0 radical (unpaired) electrons. The standard InChI is InChI=1S/C28H49FN2O3Si/c1-12-14-15-17-21(3)31(26(32)33-27(4,5)6)24(16-13-2)25(22-18-23(29)20-30-19-22)34-35(10,11)28(7,8)9/h14-15,18-21,24-25H,12-13,16-17H2,1-11H3/b15-14-/t21?,24-,25-/m1/s1. The Bertz CT molecular complexity index is 830. The molecule has 200 valence electrons. The summed E-state index contributed by atoms with van der Waals surface area (Å²) in [7, 11) is -2.30. The van der Waals surface area contributed by atoms with Crippen LogP contribution < -0.4 is 0 Å². The first-order valence-electron chi connectivity index (χ1n) is 13.0. The van der Waals surface area contributed by atoms with Gasteiger partial charge in [-0.25, -0.2) is 9.18 Å². The average Bonchev–Trinajstić information content (AvgIpc) is 2.70. The van der Waals surface area contributed by atoms with Crippen LogP contribution in [-0.4, -0.2) is 42.0 Å². The van der Waals surface area contributed by atoms with Gasteiger partial charge in [0.05, 0.1) is 18.3 Å². The minimum Gasteiger partial charge on any atom is -0.444 e. The Hall–Kier alpha value is -1.73. The number of amides is 1. The number of allylic oxidation sites excluding steroid dienone is 1. The number of hydrogen-bond acceptors (Lipinski definition) is 4. The molecule has 0 spiro atoms. The van der Waals surface area contributed by atoms with Crippen LogP contribution in [0.25, 0.3) is 0 Å². The van der Waals surface area contributed by atoms with Crippen molar-refractivity contribution >= 4 is 14.4 Å². The van der Waals surface area contributed by atoms with Crippen molar-refractivity contribution in [2.24, 2.45) is 0 Å². The van der Waals surface area contributed by atoms with Gasteiger partial charge in [-0.3, -0.25) is 9.88 Å². The molecule has 1 heterocycles. The zero-order chi connectivity index (χ0) is 27.0. The molecule has 5 nitrogen and oxygen atoms in total. The predicted molar refractivity (Wildman–Crippen MR) is 145 cm³/mol. The number of rotatable bonds is 11. The van der Waals surface area contributed by atoms with Crippen LogP contribution in [0.5, 0.6) is 0 Å². The number of pyridine rings is 1. The summed E-state index contributed by atoms with van der Waals surface area (Å²) >= 11 is 0. The number of ether oxygens (including phenoxy) is 1. The van der Waals surface area contributed by atoms with Gasteiger partial charge in [0.2, 0.25) is 0 Å². The lowest BCUT2D eigenvalue weighted by molar-refractivity contribution is -0.0175. The number of halogens is 1. The Kier molecular flexibility index (Phi) is 11.6. The van der Waals surface area contributed by atoms with E-state index in [1.807, 2.05) is 32.6 Å². The zero-order valence-electron chi connectivity index (χ0n) is 23.9. The van der Waals surface area contributed by atoms with Gasteiger partial charge in [-0.2, -0.15) is 0 Å². The Balaban J connectivity index is 3.68. The van der Waals surface area contributed by atoms with Crippen LogP contribution >= 0.6 is 0 Å². The first-order valence-corrected chi connectivity index (χ1v) is 15.9. The highest BCUT2D eigenvalue weighted by Crippen LogP contribution is 2.42. The fraction of sp³-hybridized carbons (Fsp3) is 0.714. The lowest BCUT2D eigenvalue weighted by Gasteiger charge is -2.46. The smallest absolute Gasteiger partial charge is 0.410 e. The molecule has 0 fully saturated rings. The maximum atomic E-state index is 14.4. The van der Waals surface area contributed by atoms with Crippen LogP contribution in [-0.2, 0) is 9.16 Å². The third-order valence-electron chi connectivity index (χ3n) is 6.53. The van der Waals surface area contributed by atoms with E-state index in [-0.39, 0.29) is 23.2 Å². The van der Waals surface area contributed by atoms with E-state index in [9.17, 15) is 9.18 Å². The number of nitrogens with zero attached hydrogens (tertiary/aromatic N) is 2. The monoisotopic (exact) mass is 508 g/mol. The van der Waals surface area contributed by atoms with Crippen molar-refractivity contribution in [1.82, 2.24) is 9.88 Å². The number of carbonyl (C=O) groups is 1. The maximum Gasteiger partial charge on any atom is 0.410 e. The molecule has 0 saturated carbocycles. The Morgan fingerprint density at radius 2 is 1.77 bits per heavy atom. The van der Waals surface area contributed by atoms with Gasteiger partial charge in [0, 0.05) is 17.8 Å². The lowest BCUT2D eigenvalue weighted by atomic mass is 9.96. The third-order valence-corrected chi connectivity index (χ3v) is 11.0. The molecule has 0 N–H and O–H groups in total. The van der Waals surface area contributed by atoms with E-state index in [0.717, 1.165) is 12.8 Å². The molecule has 0 aliphatic carbocycles. The van der Waals surface area contributed by atoms with Crippen molar-refractivity contribution < 1.29 is 18.3 Å². The van der Waals surface area contributed by atoms with Crippen LogP contribution in [0.3, 0.4) is 0 Å². The molecule has 0 aliphatic rings. The molecule has 1 aromatic rings. The van der Waals surface area contributed by atoms with Gasteiger partial charge >= 0.3 is 6.09 Å². The Morgan fingerprint density at radius 3 is 2.26 bits per heavy atom. The normalized spacial score (nSPS) is 15.7. The summed E-state index contributed by atoms with van der Waals surface area (Å²) in [4.78, 5) is 19.6. The molecule has 7 heteroatoms. The van der Waals surface area contributed by atoms with Crippen molar-refractivity contribution in [2.75, 3.05) is 0 Å². The summed E-state index contributed by atoms with van der Waals surface area (Å²) in [5.74, 6) is -0.413. The quantitative estimate of drug-likeness (QED) is 0.222. The van der Waals surface area contributed by atoms with Crippen molar-refractivity contribution in [1.29, 1.82) is 0 Å². The van der Waals surface area contributed by atoms with Gasteiger partial charge in [-0.1, -0.05) is 53.2 Å². The van der Waals surface area contributed by atoms with E-state index >= 15 is 0 Å². The van der Waals surface area contributed by atoms with Gasteiger partial charge in [-0.05, 0) is 71.2 Å². The largest absolute Gasteiger partial charge is 0.444 e. The second-order valence-electron chi connectivity index (χ2n) is 11.9. The van der Waals surface area contributed by atoms with Gasteiger partial charge < -0.3 is 9.16 Å². The summed E-state index contributed by atoms with van der Waals surface area (Å²) in [6, 6.07) is 1.02. The topological polar surface area (TPSA) is 51.7 Å². The molecule has 1 unspecified atom stereocenters. The van der Waals surface area contributed by atoms with Gasteiger partial charge in [-0.15, -0.1) is 0 Å². The first kappa shape index (κ1) is 31.3. The third kappa shape index (κ3) is 9.68. The highest BCUT2D eigenvalue weighted by atomic mass is 28.4. The van der Waals surface area contributed by atoms with Crippen LogP contribution in [0.15, 0.2) is 30.6 Å². The molecule has 0 bridgehead atoms. The van der Waals surface area contributed by atoms with E-state index in [1.165, 1.54) is 12.3 Å². The number of carbonyl (C=O) groups excluding carboxylic acids is 1. The fourth-order valence-corrected chi connectivity index (χ4v) is 4.99. The van der Waals surface area contributed by atoms with Crippen LogP contribution in [0.1, 0.15) is 99.7 Å². The highest BCUT2D eigenvalue weighted by molar-refractivity contribution is 6.74. The van der Waals surface area contributed by atoms with E-state index in [4.69, 9.17) is 9.16 Å². The SMILES string of the molecule is CC/C=C\CC(C)N(C(=O)OC(C)(C)C)[C@H](CCC)[C@H](O[Si](C)(C)C(C)(C)C)c1cncc(F)c1. The van der Waals surface area contributed by atoms with Gasteiger partial charge in [0.25, 0.3) is 0 Å². The fourth-order valence-electron chi connectivity index (χ4n) is 3.71. The van der Waals surface area contributed by atoms with E-state index in [2.05, 4.69) is 64.8 Å². The predicted octanol–water partition coefficient (Wildman–Crippen LogP) is 8.43. The molecular weight excluding hydrogens is 459 g/mol. The summed E-state index contributed by atoms with van der Waals surface area (Å²) in [6.45, 7) is 22.7. The lowest BCUT2D eigenvalue weighted by Crippen LogP contribution is -2.53. The molecule has 0 aromatic carbocycles. The minimum absolute atomic E-state index is 0.0605. The Labute approximate surface area is 214 Å². The molecule has 0 aliphatic heterocycles. The van der Waals surface area contributed by atoms with Crippen molar-refractivity contribution in [3.8, 4) is 0 Å². The van der Waals surface area contributed by atoms with Crippen molar-refractivity contribution in [3.63, 3.8) is 0 Å². The van der Waals surface area contributed by atoms with Crippen LogP contribution in [0, 0.1) is 5.82 Å². The number of aromatic nitrogens is 1. The molecule has 1 aromatic heterocycles. The minimum atomic E-state index is -2.30. The average molecular weight is 509 g/mol. The second kappa shape index (κ2) is 13.0. The summed E-state index contributed by atoms with van der Waals surface area (Å²) in [6.07, 6.45) is 9.34. The summed E-state index contributed by atoms with van der Waals surface area (Å²) < 4.78 is 27.2. The van der Waals surface area contributed by atoms with Crippen LogP contribution in [0.4, 0.5) is 9.18 Å². The molecule has 3 atom stereocenters. The van der Waals surface area contributed by atoms with Crippen molar-refractivity contribution in [3.05, 3.63) is 42.0 Å². The van der Waals surface area contributed by atoms with Gasteiger partial charge in [0.1, 0.15) is 11.4 Å². The van der Waals surface area contributed by atoms with Gasteiger partial charge in [0.15, 0.2) is 8.32 Å². The van der Waals surface area contributed by atoms with E-state index in [0.29, 0.717) is 18.4 Å².